The highest BCUT2D eigenvalue weighted by atomic mass is 32.2. The topological polar surface area (TPSA) is 66.5 Å². The number of carbonyl (C=O) groups is 1. The van der Waals surface area contributed by atoms with Crippen molar-refractivity contribution >= 4 is 21.6 Å². The van der Waals surface area contributed by atoms with Gasteiger partial charge in [0, 0.05) is 24.7 Å². The summed E-state index contributed by atoms with van der Waals surface area (Å²) in [5.41, 5.74) is 0.644. The summed E-state index contributed by atoms with van der Waals surface area (Å²) in [7, 11) is -3.45. The second-order valence-corrected chi connectivity index (χ2v) is 9.04. The summed E-state index contributed by atoms with van der Waals surface area (Å²) in [4.78, 5) is 12.6. The third kappa shape index (κ3) is 4.30. The van der Waals surface area contributed by atoms with Crippen LogP contribution in [0.4, 0.5) is 5.69 Å². The van der Waals surface area contributed by atoms with Gasteiger partial charge in [-0.2, -0.15) is 4.31 Å². The average Bonchev–Trinajstić information content (AvgIpc) is 2.63. The van der Waals surface area contributed by atoms with Crippen molar-refractivity contribution in [1.82, 2.24) is 4.31 Å². The number of benzene rings is 1. The summed E-state index contributed by atoms with van der Waals surface area (Å²) in [6.07, 6.45) is 8.70. The molecule has 136 valence electrons. The Balaban J connectivity index is 1.67. The van der Waals surface area contributed by atoms with Crippen LogP contribution in [0.5, 0.6) is 0 Å². The van der Waals surface area contributed by atoms with Crippen molar-refractivity contribution in [2.75, 3.05) is 18.4 Å². The third-order valence-electron chi connectivity index (χ3n) is 5.02. The van der Waals surface area contributed by atoms with Crippen LogP contribution in [0.15, 0.2) is 41.3 Å². The summed E-state index contributed by atoms with van der Waals surface area (Å²) in [6.45, 7) is 3.25. The lowest BCUT2D eigenvalue weighted by atomic mass is 9.93. The first-order valence-electron chi connectivity index (χ1n) is 9.03. The van der Waals surface area contributed by atoms with E-state index in [9.17, 15) is 13.2 Å². The molecule has 1 aliphatic heterocycles. The molecule has 2 unspecified atom stereocenters. The molecular formula is C19H26N2O3S. The number of piperidine rings is 1. The number of sulfonamides is 1. The van der Waals surface area contributed by atoms with Gasteiger partial charge in [-0.1, -0.05) is 19.1 Å². The fraction of sp³-hybridized carbons (Fsp3) is 0.526. The molecule has 1 aromatic carbocycles. The van der Waals surface area contributed by atoms with Gasteiger partial charge in [-0.05, 0) is 62.3 Å². The standard InChI is InChI=1S/C19H26N2O3S/c1-15-6-5-13-21(14-15)25(23,24)18-11-9-17(10-12-18)20-19(22)16-7-3-2-4-8-16/h2-3,9-12,15-16H,4-8,13-14H2,1H3,(H,20,22). The summed E-state index contributed by atoms with van der Waals surface area (Å²) >= 11 is 0. The first-order valence-corrected chi connectivity index (χ1v) is 10.5. The molecule has 3 rings (SSSR count). The molecule has 6 heteroatoms. The third-order valence-corrected chi connectivity index (χ3v) is 6.90. The lowest BCUT2D eigenvalue weighted by Crippen LogP contribution is -2.39. The van der Waals surface area contributed by atoms with Crippen LogP contribution in [0, 0.1) is 11.8 Å². The molecule has 1 aliphatic carbocycles. The molecule has 1 N–H and O–H groups in total. The summed E-state index contributed by atoms with van der Waals surface area (Å²) < 4.78 is 27.1. The smallest absolute Gasteiger partial charge is 0.243 e. The van der Waals surface area contributed by atoms with Gasteiger partial charge in [0.15, 0.2) is 0 Å². The van der Waals surface area contributed by atoms with Crippen molar-refractivity contribution in [2.45, 2.75) is 43.9 Å². The number of amides is 1. The Morgan fingerprint density at radius 1 is 1.16 bits per heavy atom. The van der Waals surface area contributed by atoms with E-state index >= 15 is 0 Å². The molecule has 0 saturated carbocycles. The molecule has 0 spiro atoms. The highest BCUT2D eigenvalue weighted by Crippen LogP contribution is 2.25. The normalized spacial score (nSPS) is 24.8. The highest BCUT2D eigenvalue weighted by molar-refractivity contribution is 7.89. The predicted octanol–water partition coefficient (Wildman–Crippen LogP) is 3.40. The molecule has 1 aromatic rings. The average molecular weight is 362 g/mol. The second kappa shape index (κ2) is 7.70. The van der Waals surface area contributed by atoms with E-state index in [2.05, 4.69) is 18.3 Å². The summed E-state index contributed by atoms with van der Waals surface area (Å²) in [5.74, 6) is 0.402. The molecule has 1 saturated heterocycles. The van der Waals surface area contributed by atoms with Gasteiger partial charge in [0.1, 0.15) is 0 Å². The molecule has 2 aliphatic rings. The molecule has 0 aromatic heterocycles. The van der Waals surface area contributed by atoms with Gasteiger partial charge in [0.05, 0.1) is 4.90 Å². The molecule has 0 radical (unpaired) electrons. The SMILES string of the molecule is CC1CCCN(S(=O)(=O)c2ccc(NC(=O)C3CC=CCC3)cc2)C1. The number of anilines is 1. The van der Waals surface area contributed by atoms with E-state index in [4.69, 9.17) is 0 Å². The molecule has 2 atom stereocenters. The molecule has 25 heavy (non-hydrogen) atoms. The van der Waals surface area contributed by atoms with Crippen LogP contribution in [-0.2, 0) is 14.8 Å². The number of allylic oxidation sites excluding steroid dienone is 2. The van der Waals surface area contributed by atoms with Gasteiger partial charge in [-0.25, -0.2) is 8.42 Å². The van der Waals surface area contributed by atoms with Crippen LogP contribution < -0.4 is 5.32 Å². The van der Waals surface area contributed by atoms with Crippen LogP contribution in [0.25, 0.3) is 0 Å². The van der Waals surface area contributed by atoms with Crippen molar-refractivity contribution in [3.05, 3.63) is 36.4 Å². The van der Waals surface area contributed by atoms with Crippen molar-refractivity contribution < 1.29 is 13.2 Å². The lowest BCUT2D eigenvalue weighted by Gasteiger charge is -2.30. The molecule has 1 amide bonds. The zero-order valence-electron chi connectivity index (χ0n) is 14.6. The first-order chi connectivity index (χ1) is 12.0. The van der Waals surface area contributed by atoms with E-state index in [0.29, 0.717) is 29.6 Å². The first kappa shape index (κ1) is 18.1. The molecule has 5 nitrogen and oxygen atoms in total. The van der Waals surface area contributed by atoms with Crippen molar-refractivity contribution in [2.24, 2.45) is 11.8 Å². The van der Waals surface area contributed by atoms with Gasteiger partial charge >= 0.3 is 0 Å². The van der Waals surface area contributed by atoms with Crippen LogP contribution in [-0.4, -0.2) is 31.7 Å². The van der Waals surface area contributed by atoms with Crippen LogP contribution in [0.2, 0.25) is 0 Å². The highest BCUT2D eigenvalue weighted by Gasteiger charge is 2.28. The number of hydrogen-bond donors (Lipinski definition) is 1. The predicted molar refractivity (Wildman–Crippen MR) is 98.7 cm³/mol. The summed E-state index contributed by atoms with van der Waals surface area (Å²) in [5, 5.41) is 2.90. The van der Waals surface area contributed by atoms with Crippen LogP contribution in [0.3, 0.4) is 0 Å². The van der Waals surface area contributed by atoms with Crippen molar-refractivity contribution in [3.63, 3.8) is 0 Å². The maximum Gasteiger partial charge on any atom is 0.243 e. The fourth-order valence-corrected chi connectivity index (χ4v) is 5.10. The Bertz CT molecular complexity index is 740. The molecule has 1 fully saturated rings. The van der Waals surface area contributed by atoms with Gasteiger partial charge in [0.2, 0.25) is 15.9 Å². The zero-order valence-corrected chi connectivity index (χ0v) is 15.5. The van der Waals surface area contributed by atoms with E-state index in [1.807, 2.05) is 6.08 Å². The zero-order chi connectivity index (χ0) is 17.9. The monoisotopic (exact) mass is 362 g/mol. The quantitative estimate of drug-likeness (QED) is 0.835. The van der Waals surface area contributed by atoms with Gasteiger partial charge in [0.25, 0.3) is 0 Å². The summed E-state index contributed by atoms with van der Waals surface area (Å²) in [6, 6.07) is 6.53. The number of carbonyl (C=O) groups excluding carboxylic acids is 1. The Labute approximate surface area is 150 Å². The minimum atomic E-state index is -3.45. The minimum absolute atomic E-state index is 0.00301. The van der Waals surface area contributed by atoms with Crippen molar-refractivity contribution in [3.8, 4) is 0 Å². The Kier molecular flexibility index (Phi) is 5.59. The lowest BCUT2D eigenvalue weighted by molar-refractivity contribution is -0.120. The Hall–Kier alpha value is -1.66. The van der Waals surface area contributed by atoms with E-state index in [1.54, 1.807) is 28.6 Å². The van der Waals surface area contributed by atoms with E-state index in [-0.39, 0.29) is 11.8 Å². The fourth-order valence-electron chi connectivity index (χ4n) is 3.50. The largest absolute Gasteiger partial charge is 0.326 e. The maximum atomic E-state index is 12.7. The molecular weight excluding hydrogens is 336 g/mol. The maximum absolute atomic E-state index is 12.7. The van der Waals surface area contributed by atoms with Crippen LogP contribution in [0.1, 0.15) is 39.0 Å². The number of nitrogens with one attached hydrogen (secondary N) is 1. The van der Waals surface area contributed by atoms with Gasteiger partial charge in [-0.15, -0.1) is 0 Å². The van der Waals surface area contributed by atoms with E-state index < -0.39 is 10.0 Å². The molecule has 1 heterocycles. The Morgan fingerprint density at radius 2 is 1.92 bits per heavy atom. The van der Waals surface area contributed by atoms with Crippen LogP contribution >= 0.6 is 0 Å². The second-order valence-electron chi connectivity index (χ2n) is 7.11. The van der Waals surface area contributed by atoms with E-state index in [1.165, 1.54) is 0 Å². The number of nitrogens with zero attached hydrogens (tertiary/aromatic N) is 1. The minimum Gasteiger partial charge on any atom is -0.326 e. The number of hydrogen-bond acceptors (Lipinski definition) is 3. The van der Waals surface area contributed by atoms with Gasteiger partial charge < -0.3 is 5.32 Å². The Morgan fingerprint density at radius 3 is 2.56 bits per heavy atom. The van der Waals surface area contributed by atoms with E-state index in [0.717, 1.165) is 32.1 Å². The van der Waals surface area contributed by atoms with Gasteiger partial charge in [-0.3, -0.25) is 4.79 Å². The number of rotatable bonds is 4. The molecule has 0 bridgehead atoms. The van der Waals surface area contributed by atoms with Crippen molar-refractivity contribution in [1.29, 1.82) is 0 Å².